The van der Waals surface area contributed by atoms with E-state index in [1.54, 1.807) is 19.2 Å². The van der Waals surface area contributed by atoms with Crippen LogP contribution in [0.1, 0.15) is 18.5 Å². The topological polar surface area (TPSA) is 71.0 Å². The molecule has 30 heavy (non-hydrogen) atoms. The van der Waals surface area contributed by atoms with E-state index in [0.29, 0.717) is 18.8 Å². The third kappa shape index (κ3) is 4.75. The van der Waals surface area contributed by atoms with Gasteiger partial charge in [-0.3, -0.25) is 4.79 Å². The van der Waals surface area contributed by atoms with Gasteiger partial charge in [0.2, 0.25) is 5.95 Å². The lowest BCUT2D eigenvalue weighted by Crippen LogP contribution is -2.50. The van der Waals surface area contributed by atoms with Gasteiger partial charge >= 0.3 is 0 Å². The number of carbonyl (C=O) groups excluding carboxylic acids is 1. The fraction of sp³-hybridized carbons (Fsp3) is 0.500. The van der Waals surface area contributed by atoms with E-state index in [1.807, 2.05) is 30.0 Å². The largest absolute Gasteiger partial charge is 0.497 e. The number of piperazine rings is 1. The number of hydrogen-bond donors (Lipinski definition) is 0. The van der Waals surface area contributed by atoms with Crippen LogP contribution in [0.15, 0.2) is 30.3 Å². The molecule has 0 bridgehead atoms. The van der Waals surface area contributed by atoms with Gasteiger partial charge in [0.05, 0.1) is 7.11 Å². The van der Waals surface area contributed by atoms with E-state index in [4.69, 9.17) is 14.5 Å². The zero-order chi connectivity index (χ0) is 20.9. The van der Waals surface area contributed by atoms with Crippen LogP contribution in [0.25, 0.3) is 0 Å². The summed E-state index contributed by atoms with van der Waals surface area (Å²) < 4.78 is 10.8. The maximum atomic E-state index is 12.5. The van der Waals surface area contributed by atoms with Crippen LogP contribution in [-0.4, -0.2) is 73.8 Å². The normalized spacial score (nSPS) is 16.7. The maximum absolute atomic E-state index is 12.5. The second-order valence-electron chi connectivity index (χ2n) is 7.69. The van der Waals surface area contributed by atoms with E-state index in [1.165, 1.54) is 12.8 Å². The number of ether oxygens (including phenoxy) is 2. The van der Waals surface area contributed by atoms with Crippen LogP contribution < -0.4 is 19.3 Å². The van der Waals surface area contributed by atoms with Crippen LogP contribution in [0.5, 0.6) is 11.5 Å². The Hall–Kier alpha value is -3.03. The van der Waals surface area contributed by atoms with Crippen molar-refractivity contribution in [1.29, 1.82) is 0 Å². The molecule has 0 atom stereocenters. The number of rotatable bonds is 6. The first-order valence-electron chi connectivity index (χ1n) is 10.5. The Morgan fingerprint density at radius 3 is 2.27 bits per heavy atom. The molecule has 160 valence electrons. The number of aryl methyl sites for hydroxylation is 1. The van der Waals surface area contributed by atoms with Gasteiger partial charge in [-0.15, -0.1) is 0 Å². The summed E-state index contributed by atoms with van der Waals surface area (Å²) in [7, 11) is 1.62. The molecule has 0 unspecified atom stereocenters. The highest BCUT2D eigenvalue weighted by atomic mass is 16.5. The molecule has 8 nitrogen and oxygen atoms in total. The van der Waals surface area contributed by atoms with Gasteiger partial charge < -0.3 is 24.2 Å². The number of nitrogens with zero attached hydrogens (tertiary/aromatic N) is 5. The zero-order valence-electron chi connectivity index (χ0n) is 17.7. The van der Waals surface area contributed by atoms with Crippen molar-refractivity contribution in [2.24, 2.45) is 0 Å². The van der Waals surface area contributed by atoms with Crippen LogP contribution in [0.4, 0.5) is 11.8 Å². The summed E-state index contributed by atoms with van der Waals surface area (Å²) in [6.45, 7) is 6.94. The lowest BCUT2D eigenvalue weighted by atomic mass is 10.3. The van der Waals surface area contributed by atoms with Gasteiger partial charge in [-0.05, 0) is 44.0 Å². The second-order valence-corrected chi connectivity index (χ2v) is 7.69. The van der Waals surface area contributed by atoms with Crippen molar-refractivity contribution in [2.75, 3.05) is 62.8 Å². The molecule has 0 N–H and O–H groups in total. The average Bonchev–Trinajstić information content (AvgIpc) is 3.33. The van der Waals surface area contributed by atoms with Crippen LogP contribution in [-0.2, 0) is 4.79 Å². The zero-order valence-corrected chi connectivity index (χ0v) is 17.7. The summed E-state index contributed by atoms with van der Waals surface area (Å²) in [4.78, 5) is 28.3. The van der Waals surface area contributed by atoms with E-state index in [2.05, 4.69) is 14.8 Å². The lowest BCUT2D eigenvalue weighted by molar-refractivity contribution is -0.133. The summed E-state index contributed by atoms with van der Waals surface area (Å²) in [6.07, 6.45) is 2.40. The molecule has 2 fully saturated rings. The van der Waals surface area contributed by atoms with E-state index in [9.17, 15) is 4.79 Å². The molecule has 1 aromatic carbocycles. The minimum atomic E-state index is 0.00194. The average molecular weight is 412 g/mol. The number of aromatic nitrogens is 2. The Balaban J connectivity index is 1.30. The number of carbonyl (C=O) groups is 1. The summed E-state index contributed by atoms with van der Waals surface area (Å²) in [6, 6.07) is 9.28. The van der Waals surface area contributed by atoms with Gasteiger partial charge in [-0.25, -0.2) is 4.98 Å². The van der Waals surface area contributed by atoms with Crippen LogP contribution in [0.2, 0.25) is 0 Å². The monoisotopic (exact) mass is 411 g/mol. The van der Waals surface area contributed by atoms with Crippen molar-refractivity contribution >= 4 is 17.7 Å². The fourth-order valence-corrected chi connectivity index (χ4v) is 3.85. The predicted octanol–water partition coefficient (Wildman–Crippen LogP) is 2.12. The molecule has 0 aliphatic carbocycles. The number of amides is 1. The highest BCUT2D eigenvalue weighted by Crippen LogP contribution is 2.22. The first-order chi connectivity index (χ1) is 14.6. The molecule has 2 aliphatic heterocycles. The van der Waals surface area contributed by atoms with Gasteiger partial charge in [0, 0.05) is 51.0 Å². The van der Waals surface area contributed by atoms with Crippen molar-refractivity contribution in [3.8, 4) is 11.5 Å². The predicted molar refractivity (Wildman–Crippen MR) is 115 cm³/mol. The number of methoxy groups -OCH3 is 1. The molecule has 2 saturated heterocycles. The van der Waals surface area contributed by atoms with Crippen LogP contribution >= 0.6 is 0 Å². The molecular formula is C22H29N5O3. The number of anilines is 2. The van der Waals surface area contributed by atoms with Crippen LogP contribution in [0.3, 0.4) is 0 Å². The molecule has 2 aliphatic rings. The molecule has 3 heterocycles. The van der Waals surface area contributed by atoms with Gasteiger partial charge in [-0.1, -0.05) is 0 Å². The van der Waals surface area contributed by atoms with E-state index >= 15 is 0 Å². The number of benzene rings is 1. The molecular weight excluding hydrogens is 382 g/mol. The summed E-state index contributed by atoms with van der Waals surface area (Å²) in [5.74, 6) is 3.20. The Morgan fingerprint density at radius 1 is 0.933 bits per heavy atom. The van der Waals surface area contributed by atoms with Crippen LogP contribution in [0, 0.1) is 6.92 Å². The van der Waals surface area contributed by atoms with Gasteiger partial charge in [0.25, 0.3) is 5.91 Å². The summed E-state index contributed by atoms with van der Waals surface area (Å²) >= 11 is 0. The van der Waals surface area contributed by atoms with E-state index in [-0.39, 0.29) is 12.5 Å². The molecule has 1 amide bonds. The minimum Gasteiger partial charge on any atom is -0.497 e. The van der Waals surface area contributed by atoms with Crippen molar-refractivity contribution in [2.45, 2.75) is 19.8 Å². The molecule has 0 saturated carbocycles. The van der Waals surface area contributed by atoms with E-state index in [0.717, 1.165) is 49.4 Å². The second kappa shape index (κ2) is 9.19. The third-order valence-electron chi connectivity index (χ3n) is 5.60. The molecule has 1 aromatic heterocycles. The smallest absolute Gasteiger partial charge is 0.260 e. The van der Waals surface area contributed by atoms with Crippen molar-refractivity contribution in [3.63, 3.8) is 0 Å². The van der Waals surface area contributed by atoms with E-state index < -0.39 is 0 Å². The fourth-order valence-electron chi connectivity index (χ4n) is 3.85. The Morgan fingerprint density at radius 2 is 1.60 bits per heavy atom. The summed E-state index contributed by atoms with van der Waals surface area (Å²) in [5.41, 5.74) is 0.980. The highest BCUT2D eigenvalue weighted by Gasteiger charge is 2.24. The minimum absolute atomic E-state index is 0.00194. The SMILES string of the molecule is COc1ccc(OCC(=O)N2CCN(c3cc(C)nc(N4CCCC4)n3)CC2)cc1. The molecule has 4 rings (SSSR count). The van der Waals surface area contributed by atoms with Gasteiger partial charge in [0.15, 0.2) is 6.61 Å². The first kappa shape index (κ1) is 20.3. The van der Waals surface area contributed by atoms with Crippen molar-refractivity contribution in [3.05, 3.63) is 36.0 Å². The Kier molecular flexibility index (Phi) is 6.21. The quantitative estimate of drug-likeness (QED) is 0.721. The number of hydrogen-bond acceptors (Lipinski definition) is 7. The summed E-state index contributed by atoms with van der Waals surface area (Å²) in [5, 5.41) is 0. The maximum Gasteiger partial charge on any atom is 0.260 e. The molecule has 0 radical (unpaired) electrons. The van der Waals surface area contributed by atoms with Gasteiger partial charge in [0.1, 0.15) is 17.3 Å². The molecule has 2 aromatic rings. The standard InChI is InChI=1S/C22H29N5O3/c1-17-15-20(24-22(23-17)27-9-3-4-10-27)25-11-13-26(14-12-25)21(28)16-30-19-7-5-18(29-2)6-8-19/h5-8,15H,3-4,9-14,16H2,1-2H3. The molecule has 0 spiro atoms. The highest BCUT2D eigenvalue weighted by molar-refractivity contribution is 5.78. The Bertz CT molecular complexity index is 860. The third-order valence-corrected chi connectivity index (χ3v) is 5.60. The Labute approximate surface area is 177 Å². The van der Waals surface area contributed by atoms with Gasteiger partial charge in [-0.2, -0.15) is 4.98 Å². The first-order valence-corrected chi connectivity index (χ1v) is 10.5. The van der Waals surface area contributed by atoms with Crippen molar-refractivity contribution < 1.29 is 14.3 Å². The lowest BCUT2D eigenvalue weighted by Gasteiger charge is -2.35. The van der Waals surface area contributed by atoms with Crippen molar-refractivity contribution in [1.82, 2.24) is 14.9 Å². The molecule has 8 heteroatoms.